The normalized spacial score (nSPS) is 13.7. The Hall–Kier alpha value is -1.46. The van der Waals surface area contributed by atoms with Gasteiger partial charge in [-0.3, -0.25) is 0 Å². The molecule has 2 rings (SSSR count). The summed E-state index contributed by atoms with van der Waals surface area (Å²) >= 11 is 0. The minimum atomic E-state index is 0.295. The highest BCUT2D eigenvalue weighted by molar-refractivity contribution is 5.52. The Morgan fingerprint density at radius 1 is 1.40 bits per heavy atom. The van der Waals surface area contributed by atoms with Crippen LogP contribution >= 0.6 is 0 Å². The zero-order chi connectivity index (χ0) is 10.7. The Bertz CT molecular complexity index is 354. The summed E-state index contributed by atoms with van der Waals surface area (Å²) < 4.78 is 16.0. The van der Waals surface area contributed by atoms with E-state index in [1.807, 2.05) is 0 Å². The van der Waals surface area contributed by atoms with Crippen LogP contribution in [0.4, 0.5) is 0 Å². The van der Waals surface area contributed by atoms with E-state index in [1.54, 1.807) is 19.2 Å². The molecule has 0 saturated carbocycles. The summed E-state index contributed by atoms with van der Waals surface area (Å²) in [5.74, 6) is 2.01. The van der Waals surface area contributed by atoms with E-state index in [4.69, 9.17) is 19.4 Å². The molecule has 0 fully saturated rings. The average Bonchev–Trinajstić information content (AvgIpc) is 2.29. The van der Waals surface area contributed by atoms with E-state index in [1.165, 1.54) is 0 Å². The predicted octanol–water partition coefficient (Wildman–Crippen LogP) is 0.945. The topological polar surface area (TPSA) is 60.0 Å². The first-order valence-corrected chi connectivity index (χ1v) is 4.68. The van der Waals surface area contributed by atoms with Crippen LogP contribution in [0.2, 0.25) is 0 Å². The average molecular weight is 211 g/mol. The van der Waals surface area contributed by atoms with Crippen molar-refractivity contribution >= 4 is 0 Å². The standard InChI is InChI=1S/C10H13NO4/c1-13-8-4-7(6-11-12)10-9(5-8)14-2-3-15-10/h4-5,11-12H,2-3,6H2,1H3. The van der Waals surface area contributed by atoms with Gasteiger partial charge in [0.1, 0.15) is 19.0 Å². The van der Waals surface area contributed by atoms with Crippen LogP contribution < -0.4 is 19.7 Å². The van der Waals surface area contributed by atoms with Crippen molar-refractivity contribution in [1.82, 2.24) is 5.48 Å². The number of hydroxylamine groups is 1. The maximum absolute atomic E-state index is 8.70. The van der Waals surface area contributed by atoms with Crippen LogP contribution in [0.3, 0.4) is 0 Å². The van der Waals surface area contributed by atoms with Crippen molar-refractivity contribution in [2.45, 2.75) is 6.54 Å². The molecule has 0 bridgehead atoms. The van der Waals surface area contributed by atoms with Crippen molar-refractivity contribution in [2.75, 3.05) is 20.3 Å². The molecule has 0 radical (unpaired) electrons. The highest BCUT2D eigenvalue weighted by atomic mass is 16.6. The molecule has 82 valence electrons. The van der Waals surface area contributed by atoms with E-state index in [0.29, 0.717) is 37.0 Å². The van der Waals surface area contributed by atoms with Gasteiger partial charge in [0.2, 0.25) is 0 Å². The lowest BCUT2D eigenvalue weighted by Crippen LogP contribution is -2.18. The van der Waals surface area contributed by atoms with Crippen molar-refractivity contribution < 1.29 is 19.4 Å². The summed E-state index contributed by atoms with van der Waals surface area (Å²) in [5, 5.41) is 8.70. The van der Waals surface area contributed by atoms with Gasteiger partial charge in [-0.05, 0) is 6.07 Å². The first-order chi connectivity index (χ1) is 7.35. The zero-order valence-corrected chi connectivity index (χ0v) is 8.45. The summed E-state index contributed by atoms with van der Waals surface area (Å²) in [5.41, 5.74) is 2.91. The third-order valence-corrected chi connectivity index (χ3v) is 2.20. The molecule has 0 saturated heterocycles. The molecule has 1 aromatic carbocycles. The van der Waals surface area contributed by atoms with Crippen LogP contribution in [0.25, 0.3) is 0 Å². The second-order valence-electron chi connectivity index (χ2n) is 3.15. The van der Waals surface area contributed by atoms with E-state index >= 15 is 0 Å². The fourth-order valence-electron chi connectivity index (χ4n) is 1.53. The molecular weight excluding hydrogens is 198 g/mol. The SMILES string of the molecule is COc1cc(CNO)c2c(c1)OCCO2. The molecule has 0 aromatic heterocycles. The summed E-state index contributed by atoms with van der Waals surface area (Å²) in [4.78, 5) is 0. The molecule has 2 N–H and O–H groups in total. The molecule has 5 nitrogen and oxygen atoms in total. The second-order valence-corrected chi connectivity index (χ2v) is 3.15. The fourth-order valence-corrected chi connectivity index (χ4v) is 1.53. The van der Waals surface area contributed by atoms with Gasteiger partial charge < -0.3 is 19.4 Å². The van der Waals surface area contributed by atoms with Crippen molar-refractivity contribution in [3.05, 3.63) is 17.7 Å². The number of benzene rings is 1. The molecule has 5 heteroatoms. The smallest absolute Gasteiger partial charge is 0.166 e. The summed E-state index contributed by atoms with van der Waals surface area (Å²) in [7, 11) is 1.58. The molecule has 1 aliphatic heterocycles. The highest BCUT2D eigenvalue weighted by Crippen LogP contribution is 2.37. The second kappa shape index (κ2) is 4.37. The lowest BCUT2D eigenvalue weighted by molar-refractivity contribution is 0.149. The number of rotatable bonds is 3. The number of methoxy groups -OCH3 is 1. The van der Waals surface area contributed by atoms with Crippen molar-refractivity contribution in [2.24, 2.45) is 0 Å². The molecule has 1 aromatic rings. The molecular formula is C10H13NO4. The van der Waals surface area contributed by atoms with Gasteiger partial charge in [-0.2, -0.15) is 0 Å². The quantitative estimate of drug-likeness (QED) is 0.729. The van der Waals surface area contributed by atoms with Crippen molar-refractivity contribution in [3.8, 4) is 17.2 Å². The van der Waals surface area contributed by atoms with Crippen LogP contribution in [-0.2, 0) is 6.54 Å². The first kappa shape index (κ1) is 10.1. The van der Waals surface area contributed by atoms with Crippen LogP contribution in [0.15, 0.2) is 12.1 Å². The van der Waals surface area contributed by atoms with Crippen LogP contribution in [0, 0.1) is 0 Å². The molecule has 15 heavy (non-hydrogen) atoms. The lowest BCUT2D eigenvalue weighted by atomic mass is 10.1. The van der Waals surface area contributed by atoms with Crippen molar-refractivity contribution in [3.63, 3.8) is 0 Å². The summed E-state index contributed by atoms with van der Waals surface area (Å²) in [6.45, 7) is 1.35. The Morgan fingerprint density at radius 2 is 2.20 bits per heavy atom. The molecule has 1 heterocycles. The van der Waals surface area contributed by atoms with Gasteiger partial charge in [0.05, 0.1) is 7.11 Å². The van der Waals surface area contributed by atoms with Crippen LogP contribution in [-0.4, -0.2) is 25.5 Å². The first-order valence-electron chi connectivity index (χ1n) is 4.68. The zero-order valence-electron chi connectivity index (χ0n) is 8.45. The van der Waals surface area contributed by atoms with Gasteiger partial charge in [0, 0.05) is 18.2 Å². The Morgan fingerprint density at radius 3 is 2.93 bits per heavy atom. The maximum Gasteiger partial charge on any atom is 0.166 e. The Labute approximate surface area is 87.5 Å². The van der Waals surface area contributed by atoms with Crippen molar-refractivity contribution in [1.29, 1.82) is 0 Å². The third kappa shape index (κ3) is 1.98. The van der Waals surface area contributed by atoms with Gasteiger partial charge in [-0.15, -0.1) is 0 Å². The van der Waals surface area contributed by atoms with Crippen LogP contribution in [0.5, 0.6) is 17.2 Å². The third-order valence-electron chi connectivity index (χ3n) is 2.20. The lowest BCUT2D eigenvalue weighted by Gasteiger charge is -2.21. The van der Waals surface area contributed by atoms with E-state index in [0.717, 1.165) is 5.56 Å². The maximum atomic E-state index is 8.70. The number of ether oxygens (including phenoxy) is 3. The number of hydrogen-bond acceptors (Lipinski definition) is 5. The van der Waals surface area contributed by atoms with Gasteiger partial charge in [-0.25, -0.2) is 5.48 Å². The van der Waals surface area contributed by atoms with Gasteiger partial charge >= 0.3 is 0 Å². The van der Waals surface area contributed by atoms with Gasteiger partial charge in [0.15, 0.2) is 11.5 Å². The highest BCUT2D eigenvalue weighted by Gasteiger charge is 2.17. The molecule has 0 aliphatic carbocycles. The monoisotopic (exact) mass is 211 g/mol. The Balaban J connectivity index is 2.41. The number of fused-ring (bicyclic) bond motifs is 1. The van der Waals surface area contributed by atoms with E-state index in [2.05, 4.69) is 5.48 Å². The molecule has 1 aliphatic rings. The largest absolute Gasteiger partial charge is 0.497 e. The summed E-state index contributed by atoms with van der Waals surface area (Å²) in [6, 6.07) is 3.58. The Kier molecular flexibility index (Phi) is 2.94. The number of hydrogen-bond donors (Lipinski definition) is 2. The molecule has 0 amide bonds. The number of nitrogens with one attached hydrogen (secondary N) is 1. The molecule has 0 atom stereocenters. The van der Waals surface area contributed by atoms with E-state index in [9.17, 15) is 0 Å². The fraction of sp³-hybridized carbons (Fsp3) is 0.400. The van der Waals surface area contributed by atoms with E-state index < -0.39 is 0 Å². The van der Waals surface area contributed by atoms with Gasteiger partial charge in [-0.1, -0.05) is 0 Å². The molecule has 0 spiro atoms. The van der Waals surface area contributed by atoms with Crippen LogP contribution in [0.1, 0.15) is 5.56 Å². The molecule has 0 unspecified atom stereocenters. The van der Waals surface area contributed by atoms with Gasteiger partial charge in [0.25, 0.3) is 0 Å². The minimum absolute atomic E-state index is 0.295. The predicted molar refractivity (Wildman–Crippen MR) is 52.6 cm³/mol. The van der Waals surface area contributed by atoms with E-state index in [-0.39, 0.29) is 0 Å². The summed E-state index contributed by atoms with van der Waals surface area (Å²) in [6.07, 6.45) is 0. The minimum Gasteiger partial charge on any atom is -0.497 e.